The van der Waals surface area contributed by atoms with E-state index in [1.165, 1.54) is 36.4 Å². The molecule has 0 bridgehead atoms. The van der Waals surface area contributed by atoms with E-state index in [9.17, 15) is 8.42 Å². The molecule has 0 aromatic carbocycles. The molecule has 0 unspecified atom stereocenters. The van der Waals surface area contributed by atoms with Gasteiger partial charge in [-0.3, -0.25) is 0 Å². The molecule has 0 spiro atoms. The second-order valence-electron chi connectivity index (χ2n) is 4.83. The first-order valence-electron chi connectivity index (χ1n) is 6.19. The molecule has 1 N–H and O–H groups in total. The summed E-state index contributed by atoms with van der Waals surface area (Å²) in [5.74, 6) is 0.831. The molecular formula is C11H24N2O2S. The average molecular weight is 248 g/mol. The Morgan fingerprint density at radius 2 is 1.81 bits per heavy atom. The molecule has 0 radical (unpaired) electrons. The maximum atomic E-state index is 11.4. The highest BCUT2D eigenvalue weighted by molar-refractivity contribution is 7.87. The fourth-order valence-electron chi connectivity index (χ4n) is 2.20. The van der Waals surface area contributed by atoms with Gasteiger partial charge < -0.3 is 0 Å². The summed E-state index contributed by atoms with van der Waals surface area (Å²) in [6.45, 7) is 0.566. The fraction of sp³-hybridized carbons (Fsp3) is 1.00. The molecule has 0 aromatic rings. The zero-order valence-corrected chi connectivity index (χ0v) is 11.2. The number of nitrogens with one attached hydrogen (secondary N) is 1. The van der Waals surface area contributed by atoms with Gasteiger partial charge in [0, 0.05) is 20.6 Å². The van der Waals surface area contributed by atoms with E-state index in [4.69, 9.17) is 0 Å². The molecule has 0 atom stereocenters. The molecule has 1 aliphatic carbocycles. The van der Waals surface area contributed by atoms with Crippen molar-refractivity contribution in [2.24, 2.45) is 5.92 Å². The highest BCUT2D eigenvalue weighted by Gasteiger charge is 2.14. The van der Waals surface area contributed by atoms with Crippen LogP contribution in [-0.2, 0) is 10.2 Å². The number of hydrogen-bond acceptors (Lipinski definition) is 2. The highest BCUT2D eigenvalue weighted by Crippen LogP contribution is 2.26. The minimum Gasteiger partial charge on any atom is -0.202 e. The van der Waals surface area contributed by atoms with E-state index < -0.39 is 10.2 Å². The SMILES string of the molecule is CN(C)S(=O)(=O)NCCCC1CCCCC1. The Kier molecular flexibility index (Phi) is 5.72. The minimum atomic E-state index is -3.22. The van der Waals surface area contributed by atoms with Crippen molar-refractivity contribution in [1.82, 2.24) is 9.03 Å². The third-order valence-corrected chi connectivity index (χ3v) is 4.81. The Hall–Kier alpha value is -0.130. The Bertz CT molecular complexity index is 282. The summed E-state index contributed by atoms with van der Waals surface area (Å²) < 4.78 is 26.6. The smallest absolute Gasteiger partial charge is 0.202 e. The monoisotopic (exact) mass is 248 g/mol. The van der Waals surface area contributed by atoms with E-state index >= 15 is 0 Å². The summed E-state index contributed by atoms with van der Waals surface area (Å²) in [5, 5.41) is 0. The Morgan fingerprint density at radius 3 is 2.38 bits per heavy atom. The van der Waals surface area contributed by atoms with Gasteiger partial charge in [-0.25, -0.2) is 4.72 Å². The van der Waals surface area contributed by atoms with Gasteiger partial charge in [0.1, 0.15) is 0 Å². The number of hydrogen-bond donors (Lipinski definition) is 1. The fourth-order valence-corrected chi connectivity index (χ4v) is 2.86. The van der Waals surface area contributed by atoms with E-state index in [1.54, 1.807) is 14.1 Å². The van der Waals surface area contributed by atoms with Crippen molar-refractivity contribution < 1.29 is 8.42 Å². The highest BCUT2D eigenvalue weighted by atomic mass is 32.2. The van der Waals surface area contributed by atoms with Crippen molar-refractivity contribution in [2.45, 2.75) is 44.9 Å². The van der Waals surface area contributed by atoms with Crippen LogP contribution in [0.2, 0.25) is 0 Å². The Morgan fingerprint density at radius 1 is 1.19 bits per heavy atom. The lowest BCUT2D eigenvalue weighted by Crippen LogP contribution is -2.36. The van der Waals surface area contributed by atoms with Gasteiger partial charge in [0.05, 0.1) is 0 Å². The summed E-state index contributed by atoms with van der Waals surface area (Å²) >= 11 is 0. The van der Waals surface area contributed by atoms with Gasteiger partial charge in [-0.2, -0.15) is 12.7 Å². The zero-order valence-electron chi connectivity index (χ0n) is 10.4. The van der Waals surface area contributed by atoms with Gasteiger partial charge in [-0.1, -0.05) is 32.1 Å². The van der Waals surface area contributed by atoms with Crippen LogP contribution in [0.3, 0.4) is 0 Å². The maximum absolute atomic E-state index is 11.4. The maximum Gasteiger partial charge on any atom is 0.278 e. The largest absolute Gasteiger partial charge is 0.278 e. The predicted octanol–water partition coefficient (Wildman–Crippen LogP) is 1.74. The summed E-state index contributed by atoms with van der Waals surface area (Å²) in [6, 6.07) is 0. The van der Waals surface area contributed by atoms with Gasteiger partial charge in [-0.15, -0.1) is 0 Å². The molecule has 0 aromatic heterocycles. The van der Waals surface area contributed by atoms with Crippen LogP contribution in [0.15, 0.2) is 0 Å². The van der Waals surface area contributed by atoms with Crippen LogP contribution in [0.25, 0.3) is 0 Å². The molecule has 1 rings (SSSR count). The summed E-state index contributed by atoms with van der Waals surface area (Å²) in [6.07, 6.45) is 8.88. The Balaban J connectivity index is 2.11. The third kappa shape index (κ3) is 4.80. The van der Waals surface area contributed by atoms with Gasteiger partial charge >= 0.3 is 0 Å². The lowest BCUT2D eigenvalue weighted by Gasteiger charge is -2.21. The molecule has 0 aliphatic heterocycles. The second-order valence-corrected chi connectivity index (χ2v) is 6.80. The summed E-state index contributed by atoms with van der Waals surface area (Å²) in [5.41, 5.74) is 0. The summed E-state index contributed by atoms with van der Waals surface area (Å²) in [7, 11) is -0.128. The predicted molar refractivity (Wildman–Crippen MR) is 66.4 cm³/mol. The lowest BCUT2D eigenvalue weighted by molar-refractivity contribution is 0.332. The van der Waals surface area contributed by atoms with Crippen molar-refractivity contribution >= 4 is 10.2 Å². The van der Waals surface area contributed by atoms with E-state index in [-0.39, 0.29) is 0 Å². The molecule has 5 heteroatoms. The molecular weight excluding hydrogens is 224 g/mol. The van der Waals surface area contributed by atoms with Crippen LogP contribution in [0.5, 0.6) is 0 Å². The molecule has 4 nitrogen and oxygen atoms in total. The van der Waals surface area contributed by atoms with Gasteiger partial charge in [0.15, 0.2) is 0 Å². The van der Waals surface area contributed by atoms with Crippen LogP contribution in [0.1, 0.15) is 44.9 Å². The first kappa shape index (κ1) is 13.9. The normalized spacial score (nSPS) is 19.2. The average Bonchev–Trinajstić information content (AvgIpc) is 2.26. The van der Waals surface area contributed by atoms with E-state index in [0.717, 1.165) is 18.8 Å². The van der Waals surface area contributed by atoms with Crippen LogP contribution in [-0.4, -0.2) is 33.4 Å². The van der Waals surface area contributed by atoms with Crippen LogP contribution in [0.4, 0.5) is 0 Å². The molecule has 0 heterocycles. The quantitative estimate of drug-likeness (QED) is 0.728. The number of rotatable bonds is 6. The molecule has 96 valence electrons. The van der Waals surface area contributed by atoms with Crippen molar-refractivity contribution in [1.29, 1.82) is 0 Å². The van der Waals surface area contributed by atoms with Crippen molar-refractivity contribution in [3.05, 3.63) is 0 Å². The zero-order chi connectivity index (χ0) is 12.0. The van der Waals surface area contributed by atoms with Crippen molar-refractivity contribution in [2.75, 3.05) is 20.6 Å². The minimum absolute atomic E-state index is 0.566. The second kappa shape index (κ2) is 6.57. The molecule has 16 heavy (non-hydrogen) atoms. The van der Waals surface area contributed by atoms with E-state index in [1.807, 2.05) is 0 Å². The van der Waals surface area contributed by atoms with Gasteiger partial charge in [0.25, 0.3) is 10.2 Å². The third-order valence-electron chi connectivity index (χ3n) is 3.28. The van der Waals surface area contributed by atoms with Crippen molar-refractivity contribution in [3.63, 3.8) is 0 Å². The first-order chi connectivity index (χ1) is 7.52. The molecule has 1 saturated carbocycles. The van der Waals surface area contributed by atoms with Crippen molar-refractivity contribution in [3.8, 4) is 0 Å². The topological polar surface area (TPSA) is 49.4 Å². The lowest BCUT2D eigenvalue weighted by atomic mass is 9.86. The Labute approximate surface area is 99.6 Å². The molecule has 0 saturated heterocycles. The summed E-state index contributed by atoms with van der Waals surface area (Å²) in [4.78, 5) is 0. The van der Waals surface area contributed by atoms with Crippen LogP contribution in [0, 0.1) is 5.92 Å². The van der Waals surface area contributed by atoms with E-state index in [0.29, 0.717) is 6.54 Å². The van der Waals surface area contributed by atoms with Crippen LogP contribution < -0.4 is 4.72 Å². The number of nitrogens with zero attached hydrogens (tertiary/aromatic N) is 1. The molecule has 1 fully saturated rings. The van der Waals surface area contributed by atoms with Gasteiger partial charge in [0.2, 0.25) is 0 Å². The molecule has 0 amide bonds. The first-order valence-corrected chi connectivity index (χ1v) is 7.63. The standard InChI is InChI=1S/C11H24N2O2S/c1-13(2)16(14,15)12-10-6-9-11-7-4-3-5-8-11/h11-12H,3-10H2,1-2H3. The van der Waals surface area contributed by atoms with Gasteiger partial charge in [-0.05, 0) is 18.8 Å². The van der Waals surface area contributed by atoms with E-state index in [2.05, 4.69) is 4.72 Å². The molecule has 1 aliphatic rings. The van der Waals surface area contributed by atoms with Crippen LogP contribution >= 0.6 is 0 Å².